The molecule has 138 valence electrons. The molecule has 8 heteroatoms. The molecule has 1 aliphatic rings. The molecule has 1 aromatic rings. The lowest BCUT2D eigenvalue weighted by Gasteiger charge is -2.38. The van der Waals surface area contributed by atoms with E-state index in [9.17, 15) is 9.59 Å². The maximum Gasteiger partial charge on any atom is 0.410 e. The van der Waals surface area contributed by atoms with Gasteiger partial charge in [-0.15, -0.1) is 0 Å². The van der Waals surface area contributed by atoms with Crippen molar-refractivity contribution in [3.63, 3.8) is 0 Å². The normalized spacial score (nSPS) is 16.0. The highest BCUT2D eigenvalue weighted by Gasteiger charge is 2.35. The van der Waals surface area contributed by atoms with Crippen molar-refractivity contribution in [3.05, 3.63) is 29.3 Å². The van der Waals surface area contributed by atoms with Crippen LogP contribution in [0, 0.1) is 0 Å². The molecule has 1 fully saturated rings. The van der Waals surface area contributed by atoms with Gasteiger partial charge >= 0.3 is 6.09 Å². The lowest BCUT2D eigenvalue weighted by Crippen LogP contribution is -2.58. The topological polar surface area (TPSA) is 77.1 Å². The van der Waals surface area contributed by atoms with Gasteiger partial charge < -0.3 is 14.4 Å². The minimum absolute atomic E-state index is 0.265. The molecule has 7 nitrogen and oxygen atoms in total. The van der Waals surface area contributed by atoms with Crippen molar-refractivity contribution >= 4 is 23.6 Å². The van der Waals surface area contributed by atoms with Crippen LogP contribution in [0.1, 0.15) is 27.7 Å². The summed E-state index contributed by atoms with van der Waals surface area (Å²) in [6.45, 7) is 7.76. The third-order valence-electron chi connectivity index (χ3n) is 3.32. The summed E-state index contributed by atoms with van der Waals surface area (Å²) >= 11 is 5.80. The van der Waals surface area contributed by atoms with Crippen LogP contribution in [0.15, 0.2) is 24.3 Å². The molecule has 1 heterocycles. The predicted octanol–water partition coefficient (Wildman–Crippen LogP) is 2.77. The summed E-state index contributed by atoms with van der Waals surface area (Å²) in [5.41, 5.74) is 1.82. The highest BCUT2D eigenvalue weighted by atomic mass is 35.5. The predicted molar refractivity (Wildman–Crippen MR) is 92.4 cm³/mol. The maximum atomic E-state index is 12.0. The molecule has 2 amide bonds. The Morgan fingerprint density at radius 2 is 1.84 bits per heavy atom. The summed E-state index contributed by atoms with van der Waals surface area (Å²) in [4.78, 5) is 30.5. The Kier molecular flexibility index (Phi) is 6.13. The molecule has 1 saturated heterocycles. The van der Waals surface area contributed by atoms with E-state index < -0.39 is 23.7 Å². The number of nitrogens with zero attached hydrogens (tertiary/aromatic N) is 1. The van der Waals surface area contributed by atoms with Crippen molar-refractivity contribution in [1.29, 1.82) is 0 Å². The number of nitrogens with one attached hydrogen (secondary N) is 1. The summed E-state index contributed by atoms with van der Waals surface area (Å²) in [6, 6.07) is 6.71. The molecule has 0 spiro atoms. The lowest BCUT2D eigenvalue weighted by molar-refractivity contribution is -0.153. The lowest BCUT2D eigenvalue weighted by atomic mass is 10.2. The van der Waals surface area contributed by atoms with Crippen LogP contribution in [0.5, 0.6) is 5.75 Å². The van der Waals surface area contributed by atoms with Crippen LogP contribution in [0.3, 0.4) is 0 Å². The monoisotopic (exact) mass is 370 g/mol. The number of rotatable bonds is 5. The van der Waals surface area contributed by atoms with Gasteiger partial charge in [-0.2, -0.15) is 0 Å². The fraction of sp³-hybridized carbons (Fsp3) is 0.529. The average Bonchev–Trinajstić information content (AvgIpc) is 2.45. The fourth-order valence-corrected chi connectivity index (χ4v) is 2.11. The Morgan fingerprint density at radius 3 is 2.40 bits per heavy atom. The Labute approximate surface area is 152 Å². The van der Waals surface area contributed by atoms with E-state index in [4.69, 9.17) is 25.9 Å². The molecule has 1 atom stereocenters. The number of hydrogen-bond donors (Lipinski definition) is 1. The summed E-state index contributed by atoms with van der Waals surface area (Å²) in [5, 5.41) is 0.590. The standard InChI is InChI=1S/C17H23ClN2O5/c1-11(23-13-7-5-12(18)6-8-13)15(21)19-25-14-9-20(10-14)16(22)24-17(2,3)4/h5-8,11,14H,9-10H2,1-4H3,(H,19,21)/t11-/m0/s1. The van der Waals surface area contributed by atoms with Gasteiger partial charge in [-0.1, -0.05) is 11.6 Å². The molecule has 1 N–H and O–H groups in total. The number of ether oxygens (including phenoxy) is 2. The minimum Gasteiger partial charge on any atom is -0.481 e. The second-order valence-electron chi connectivity index (χ2n) is 6.81. The van der Waals surface area contributed by atoms with E-state index in [1.807, 2.05) is 0 Å². The molecule has 25 heavy (non-hydrogen) atoms. The maximum absolute atomic E-state index is 12.0. The van der Waals surface area contributed by atoms with Crippen LogP contribution in [-0.2, 0) is 14.4 Å². The molecule has 1 aliphatic heterocycles. The van der Waals surface area contributed by atoms with Crippen molar-refractivity contribution < 1.29 is 23.9 Å². The Hall–Kier alpha value is -1.99. The van der Waals surface area contributed by atoms with Crippen LogP contribution in [0.4, 0.5) is 4.79 Å². The van der Waals surface area contributed by atoms with E-state index in [-0.39, 0.29) is 6.10 Å². The minimum atomic E-state index is -0.733. The molecule has 1 aromatic carbocycles. The van der Waals surface area contributed by atoms with Crippen LogP contribution in [-0.4, -0.2) is 47.8 Å². The third-order valence-corrected chi connectivity index (χ3v) is 3.57. The first-order valence-corrected chi connectivity index (χ1v) is 8.37. The second-order valence-corrected chi connectivity index (χ2v) is 7.24. The number of likely N-dealkylation sites (tertiary alicyclic amines) is 1. The zero-order chi connectivity index (χ0) is 18.6. The highest BCUT2D eigenvalue weighted by Crippen LogP contribution is 2.18. The quantitative estimate of drug-likeness (QED) is 0.806. The molecule has 2 rings (SSSR count). The zero-order valence-corrected chi connectivity index (χ0v) is 15.5. The first-order chi connectivity index (χ1) is 11.6. The average molecular weight is 371 g/mol. The van der Waals surface area contributed by atoms with Gasteiger partial charge in [-0.3, -0.25) is 9.63 Å². The summed E-state index contributed by atoms with van der Waals surface area (Å²) in [5.74, 6) is 0.123. The summed E-state index contributed by atoms with van der Waals surface area (Å²) in [7, 11) is 0. The fourth-order valence-electron chi connectivity index (χ4n) is 1.98. The van der Waals surface area contributed by atoms with E-state index in [1.54, 1.807) is 52.0 Å². The molecular formula is C17H23ClN2O5. The highest BCUT2D eigenvalue weighted by molar-refractivity contribution is 6.30. The SMILES string of the molecule is C[C@H](Oc1ccc(Cl)cc1)C(=O)NOC1CN(C(=O)OC(C)(C)C)C1. The van der Waals surface area contributed by atoms with Crippen LogP contribution < -0.4 is 10.2 Å². The second kappa shape index (κ2) is 7.93. The molecule has 0 aromatic heterocycles. The number of hydrogen-bond acceptors (Lipinski definition) is 5. The zero-order valence-electron chi connectivity index (χ0n) is 14.7. The third kappa shape index (κ3) is 6.10. The van der Waals surface area contributed by atoms with Crippen molar-refractivity contribution in [1.82, 2.24) is 10.4 Å². The van der Waals surface area contributed by atoms with Gasteiger partial charge in [0.25, 0.3) is 5.91 Å². The van der Waals surface area contributed by atoms with Gasteiger partial charge in [-0.05, 0) is 52.0 Å². The number of carbonyl (C=O) groups excluding carboxylic acids is 2. The van der Waals surface area contributed by atoms with Gasteiger partial charge in [0.2, 0.25) is 0 Å². The van der Waals surface area contributed by atoms with E-state index >= 15 is 0 Å². The van der Waals surface area contributed by atoms with Gasteiger partial charge in [0.15, 0.2) is 6.10 Å². The first kappa shape index (κ1) is 19.3. The van der Waals surface area contributed by atoms with Gasteiger partial charge in [0, 0.05) is 5.02 Å². The van der Waals surface area contributed by atoms with Crippen LogP contribution >= 0.6 is 11.6 Å². The molecule has 0 aliphatic carbocycles. The molecule has 0 bridgehead atoms. The summed E-state index contributed by atoms with van der Waals surface area (Å²) < 4.78 is 10.7. The first-order valence-electron chi connectivity index (χ1n) is 8.00. The molecule has 0 unspecified atom stereocenters. The van der Waals surface area contributed by atoms with Gasteiger partial charge in [-0.25, -0.2) is 10.3 Å². The van der Waals surface area contributed by atoms with Crippen molar-refractivity contribution in [3.8, 4) is 5.75 Å². The van der Waals surface area contributed by atoms with Crippen LogP contribution in [0.2, 0.25) is 5.02 Å². The number of halogens is 1. The van der Waals surface area contributed by atoms with Crippen LogP contribution in [0.25, 0.3) is 0 Å². The van der Waals surface area contributed by atoms with E-state index in [2.05, 4.69) is 5.48 Å². The number of benzene rings is 1. The van der Waals surface area contributed by atoms with Crippen molar-refractivity contribution in [2.75, 3.05) is 13.1 Å². The van der Waals surface area contributed by atoms with E-state index in [1.165, 1.54) is 4.90 Å². The Morgan fingerprint density at radius 1 is 1.24 bits per heavy atom. The van der Waals surface area contributed by atoms with E-state index in [0.29, 0.717) is 23.9 Å². The summed E-state index contributed by atoms with van der Waals surface area (Å²) in [6.07, 6.45) is -1.39. The smallest absolute Gasteiger partial charge is 0.410 e. The largest absolute Gasteiger partial charge is 0.481 e. The number of amides is 2. The van der Waals surface area contributed by atoms with Gasteiger partial charge in [0.1, 0.15) is 17.5 Å². The Balaban J connectivity index is 1.67. The van der Waals surface area contributed by atoms with E-state index in [0.717, 1.165) is 0 Å². The molecular weight excluding hydrogens is 348 g/mol. The van der Waals surface area contributed by atoms with Gasteiger partial charge in [0.05, 0.1) is 13.1 Å². The molecule has 0 radical (unpaired) electrons. The number of carbonyl (C=O) groups is 2. The molecule has 0 saturated carbocycles. The Bertz CT molecular complexity index is 608. The van der Waals surface area contributed by atoms with Crippen molar-refractivity contribution in [2.24, 2.45) is 0 Å². The number of hydroxylamine groups is 1. The van der Waals surface area contributed by atoms with Crippen molar-refractivity contribution in [2.45, 2.75) is 45.5 Å².